The van der Waals surface area contributed by atoms with Crippen LogP contribution in [0.25, 0.3) is 0 Å². The number of nitrogens with zero attached hydrogens (tertiary/aromatic N) is 3. The highest BCUT2D eigenvalue weighted by molar-refractivity contribution is 5.11. The van der Waals surface area contributed by atoms with E-state index < -0.39 is 0 Å². The van der Waals surface area contributed by atoms with Crippen LogP contribution >= 0.6 is 0 Å². The zero-order valence-electron chi connectivity index (χ0n) is 7.64. The number of aliphatic hydroxyl groups excluding tert-OH is 1. The largest absolute Gasteiger partial charge is 0.390 e. The van der Waals surface area contributed by atoms with Crippen molar-refractivity contribution in [1.29, 1.82) is 0 Å². The zero-order chi connectivity index (χ0) is 9.42. The van der Waals surface area contributed by atoms with Gasteiger partial charge in [-0.1, -0.05) is 0 Å². The van der Waals surface area contributed by atoms with Crippen molar-refractivity contribution in [1.82, 2.24) is 14.8 Å². The van der Waals surface area contributed by atoms with Gasteiger partial charge in [-0.05, 0) is 13.0 Å². The summed E-state index contributed by atoms with van der Waals surface area (Å²) in [4.78, 5) is 0. The van der Waals surface area contributed by atoms with Crippen molar-refractivity contribution >= 4 is 0 Å². The van der Waals surface area contributed by atoms with Crippen LogP contribution in [-0.4, -0.2) is 25.9 Å². The molecule has 5 nitrogen and oxygen atoms in total. The van der Waals surface area contributed by atoms with Crippen LogP contribution in [0.1, 0.15) is 18.3 Å². The van der Waals surface area contributed by atoms with Gasteiger partial charge in [-0.2, -0.15) is 5.10 Å². The molecule has 3 N–H and O–H groups in total. The first-order valence-corrected chi connectivity index (χ1v) is 4.38. The zero-order valence-corrected chi connectivity index (χ0v) is 7.64. The van der Waals surface area contributed by atoms with Crippen molar-refractivity contribution < 1.29 is 5.11 Å². The Morgan fingerprint density at radius 2 is 2.54 bits per heavy atom. The fourth-order valence-electron chi connectivity index (χ4n) is 1.58. The molecule has 1 atom stereocenters. The van der Waals surface area contributed by atoms with E-state index in [1.54, 1.807) is 5.01 Å². The van der Waals surface area contributed by atoms with Gasteiger partial charge in [0.1, 0.15) is 0 Å². The van der Waals surface area contributed by atoms with E-state index in [1.807, 2.05) is 10.7 Å². The van der Waals surface area contributed by atoms with Gasteiger partial charge in [-0.3, -0.25) is 10.5 Å². The van der Waals surface area contributed by atoms with Gasteiger partial charge in [0, 0.05) is 6.04 Å². The Balaban J connectivity index is 2.29. The molecule has 0 saturated carbocycles. The van der Waals surface area contributed by atoms with Gasteiger partial charge >= 0.3 is 0 Å². The Morgan fingerprint density at radius 1 is 1.77 bits per heavy atom. The molecule has 0 aliphatic carbocycles. The molecule has 2 heterocycles. The smallest absolute Gasteiger partial charge is 0.0882 e. The van der Waals surface area contributed by atoms with E-state index in [-0.39, 0.29) is 6.61 Å². The normalized spacial score (nSPS) is 23.2. The number of hydrogen-bond donors (Lipinski definition) is 2. The lowest BCUT2D eigenvalue weighted by molar-refractivity contribution is 0.147. The van der Waals surface area contributed by atoms with Crippen molar-refractivity contribution in [3.8, 4) is 0 Å². The maximum atomic E-state index is 8.90. The Kier molecular flexibility index (Phi) is 2.07. The Morgan fingerprint density at radius 3 is 3.23 bits per heavy atom. The van der Waals surface area contributed by atoms with Gasteiger partial charge < -0.3 is 5.11 Å². The van der Waals surface area contributed by atoms with E-state index in [0.29, 0.717) is 12.6 Å². The van der Waals surface area contributed by atoms with Gasteiger partial charge in [0.2, 0.25) is 0 Å². The minimum atomic E-state index is -0.00104. The maximum Gasteiger partial charge on any atom is 0.0882 e. The minimum Gasteiger partial charge on any atom is -0.390 e. The third-order valence-electron chi connectivity index (χ3n) is 2.42. The fraction of sp³-hybridized carbons (Fsp3) is 0.625. The van der Waals surface area contributed by atoms with E-state index in [1.165, 1.54) is 0 Å². The summed E-state index contributed by atoms with van der Waals surface area (Å²) in [6.07, 6.45) is 0. The number of hydrazine groups is 1. The van der Waals surface area contributed by atoms with Crippen LogP contribution in [-0.2, 0) is 19.7 Å². The van der Waals surface area contributed by atoms with E-state index in [4.69, 9.17) is 10.9 Å². The average Bonchev–Trinajstić information content (AvgIpc) is 2.48. The summed E-state index contributed by atoms with van der Waals surface area (Å²) >= 11 is 0. The molecule has 0 saturated heterocycles. The van der Waals surface area contributed by atoms with Crippen LogP contribution in [0.5, 0.6) is 0 Å². The lowest BCUT2D eigenvalue weighted by atomic mass is 10.2. The topological polar surface area (TPSA) is 67.3 Å². The number of fused-ring (bicyclic) bond motifs is 1. The van der Waals surface area contributed by atoms with Crippen LogP contribution in [0.3, 0.4) is 0 Å². The lowest BCUT2D eigenvalue weighted by Gasteiger charge is -2.29. The van der Waals surface area contributed by atoms with Crippen LogP contribution < -0.4 is 5.84 Å². The molecule has 0 radical (unpaired) electrons. The Hall–Kier alpha value is -0.910. The average molecular weight is 182 g/mol. The standard InChI is InChI=1S/C8H14N4O/c1-6-3-12-8(4-11(6)9)2-7(5-13)10-12/h2,6,13H,3-5,9H2,1H3. The maximum absolute atomic E-state index is 8.90. The number of aromatic nitrogens is 2. The molecule has 0 spiro atoms. The summed E-state index contributed by atoms with van der Waals surface area (Å²) in [6, 6.07) is 2.20. The highest BCUT2D eigenvalue weighted by atomic mass is 16.3. The van der Waals surface area contributed by atoms with Gasteiger partial charge in [-0.25, -0.2) is 5.01 Å². The summed E-state index contributed by atoms with van der Waals surface area (Å²) in [6.45, 7) is 3.56. The third kappa shape index (κ3) is 1.46. The second-order valence-corrected chi connectivity index (χ2v) is 3.49. The molecule has 0 bridgehead atoms. The molecule has 0 aromatic carbocycles. The molecule has 0 fully saturated rings. The van der Waals surface area contributed by atoms with E-state index in [0.717, 1.165) is 17.9 Å². The molecular weight excluding hydrogens is 168 g/mol. The predicted octanol–water partition coefficient (Wildman–Crippen LogP) is -0.547. The second kappa shape index (κ2) is 3.10. The first kappa shape index (κ1) is 8.68. The van der Waals surface area contributed by atoms with Crippen molar-refractivity contribution in [2.24, 2.45) is 5.84 Å². The number of hydrogen-bond acceptors (Lipinski definition) is 4. The Labute approximate surface area is 76.7 Å². The van der Waals surface area contributed by atoms with Crippen LogP contribution in [0.4, 0.5) is 0 Å². The molecule has 72 valence electrons. The number of nitrogens with two attached hydrogens (primary N) is 1. The summed E-state index contributed by atoms with van der Waals surface area (Å²) < 4.78 is 1.92. The molecule has 1 aliphatic rings. The van der Waals surface area contributed by atoms with E-state index >= 15 is 0 Å². The van der Waals surface area contributed by atoms with Gasteiger partial charge in [0.15, 0.2) is 0 Å². The van der Waals surface area contributed by atoms with Crippen LogP contribution in [0.15, 0.2) is 6.07 Å². The monoisotopic (exact) mass is 182 g/mol. The molecule has 1 aliphatic heterocycles. The molecule has 5 heteroatoms. The molecule has 1 aromatic heterocycles. The quantitative estimate of drug-likeness (QED) is 0.572. The summed E-state index contributed by atoms with van der Waals surface area (Å²) in [5.41, 5.74) is 1.79. The number of aliphatic hydroxyl groups is 1. The van der Waals surface area contributed by atoms with Crippen LogP contribution in [0, 0.1) is 0 Å². The van der Waals surface area contributed by atoms with E-state index in [2.05, 4.69) is 12.0 Å². The fourth-order valence-corrected chi connectivity index (χ4v) is 1.58. The molecule has 0 amide bonds. The lowest BCUT2D eigenvalue weighted by Crippen LogP contribution is -2.45. The van der Waals surface area contributed by atoms with Crippen molar-refractivity contribution in [3.05, 3.63) is 17.5 Å². The predicted molar refractivity (Wildman–Crippen MR) is 47.3 cm³/mol. The highest BCUT2D eigenvalue weighted by Gasteiger charge is 2.21. The molecular formula is C8H14N4O. The molecule has 13 heavy (non-hydrogen) atoms. The SMILES string of the molecule is CC1Cn2nc(CO)cc2CN1N. The third-order valence-corrected chi connectivity index (χ3v) is 2.42. The van der Waals surface area contributed by atoms with Crippen molar-refractivity contribution in [2.45, 2.75) is 32.7 Å². The van der Waals surface area contributed by atoms with Gasteiger partial charge in [0.25, 0.3) is 0 Å². The van der Waals surface area contributed by atoms with Crippen molar-refractivity contribution in [3.63, 3.8) is 0 Å². The number of rotatable bonds is 1. The van der Waals surface area contributed by atoms with Crippen molar-refractivity contribution in [2.75, 3.05) is 0 Å². The Bertz CT molecular complexity index is 282. The molecule has 2 rings (SSSR count). The molecule has 1 aromatic rings. The summed E-state index contributed by atoms with van der Waals surface area (Å²) in [5, 5.41) is 14.9. The molecule has 1 unspecified atom stereocenters. The highest BCUT2D eigenvalue weighted by Crippen LogP contribution is 2.14. The minimum absolute atomic E-state index is 0.00104. The second-order valence-electron chi connectivity index (χ2n) is 3.49. The first-order chi connectivity index (χ1) is 6.20. The van der Waals surface area contributed by atoms with Gasteiger partial charge in [-0.15, -0.1) is 0 Å². The summed E-state index contributed by atoms with van der Waals surface area (Å²) in [5.74, 6) is 5.77. The first-order valence-electron chi connectivity index (χ1n) is 4.38. The van der Waals surface area contributed by atoms with Gasteiger partial charge in [0.05, 0.1) is 31.1 Å². The van der Waals surface area contributed by atoms with Crippen LogP contribution in [0.2, 0.25) is 0 Å². The summed E-state index contributed by atoms with van der Waals surface area (Å²) in [7, 11) is 0. The van der Waals surface area contributed by atoms with E-state index in [9.17, 15) is 0 Å².